The van der Waals surface area contributed by atoms with Crippen LogP contribution in [0.2, 0.25) is 0 Å². The molecule has 1 N–H and O–H groups in total. The smallest absolute Gasteiger partial charge is 0.156 e. The molecule has 0 aliphatic heterocycles. The third kappa shape index (κ3) is 3.33. The highest BCUT2D eigenvalue weighted by Crippen LogP contribution is 2.66. The van der Waals surface area contributed by atoms with Crippen LogP contribution in [0.5, 0.6) is 0 Å². The van der Waals surface area contributed by atoms with E-state index in [0.717, 1.165) is 32.1 Å². The number of carbonyl (C=O) groups excluding carboxylic acids is 1. The molecule has 3 heteroatoms. The van der Waals surface area contributed by atoms with Crippen LogP contribution in [-0.2, 0) is 4.79 Å². The Bertz CT molecular complexity index is 1100. The van der Waals surface area contributed by atoms with Crippen LogP contribution >= 0.6 is 0 Å². The van der Waals surface area contributed by atoms with E-state index in [4.69, 9.17) is 0 Å². The second-order valence-corrected chi connectivity index (χ2v) is 11.3. The third-order valence-corrected chi connectivity index (χ3v) is 9.33. The van der Waals surface area contributed by atoms with E-state index in [1.165, 1.54) is 22.4 Å². The molecule has 0 heterocycles. The SMILES string of the molecule is CC#C[C@]1(O)CC[C@H]2[C@@H]3CCC4=CC(=O)C[C@@H](C)C4=C3[C@@H](c3ccc(N(C)C)cc3)C[C@@]21C. The highest BCUT2D eigenvalue weighted by atomic mass is 16.3. The zero-order chi connectivity index (χ0) is 23.5. The zero-order valence-electron chi connectivity index (χ0n) is 20.7. The van der Waals surface area contributed by atoms with Crippen molar-refractivity contribution in [2.45, 2.75) is 70.8 Å². The summed E-state index contributed by atoms with van der Waals surface area (Å²) in [5.41, 5.74) is 5.69. The molecule has 0 aromatic heterocycles. The van der Waals surface area contributed by atoms with Gasteiger partial charge in [0.2, 0.25) is 0 Å². The van der Waals surface area contributed by atoms with Gasteiger partial charge in [-0.05, 0) is 91.7 Å². The van der Waals surface area contributed by atoms with Gasteiger partial charge in [-0.3, -0.25) is 4.79 Å². The number of rotatable bonds is 2. The van der Waals surface area contributed by atoms with Crippen LogP contribution < -0.4 is 4.90 Å². The van der Waals surface area contributed by atoms with E-state index in [9.17, 15) is 9.90 Å². The lowest BCUT2D eigenvalue weighted by Gasteiger charge is -2.54. The van der Waals surface area contributed by atoms with Gasteiger partial charge < -0.3 is 10.0 Å². The van der Waals surface area contributed by atoms with Crippen molar-refractivity contribution in [1.29, 1.82) is 0 Å². The van der Waals surface area contributed by atoms with Crippen LogP contribution in [0, 0.1) is 35.0 Å². The number of hydrogen-bond acceptors (Lipinski definition) is 3. The van der Waals surface area contributed by atoms with E-state index < -0.39 is 5.60 Å². The minimum Gasteiger partial charge on any atom is -0.378 e. The fourth-order valence-electron chi connectivity index (χ4n) is 7.75. The predicted octanol–water partition coefficient (Wildman–Crippen LogP) is 5.65. The monoisotopic (exact) mass is 443 g/mol. The van der Waals surface area contributed by atoms with Gasteiger partial charge in [0, 0.05) is 37.5 Å². The molecule has 33 heavy (non-hydrogen) atoms. The van der Waals surface area contributed by atoms with Gasteiger partial charge in [0.1, 0.15) is 5.60 Å². The second-order valence-electron chi connectivity index (χ2n) is 11.3. The number of hydrogen-bond donors (Lipinski definition) is 1. The van der Waals surface area contributed by atoms with Crippen LogP contribution in [0.25, 0.3) is 0 Å². The number of ketones is 1. The number of aliphatic hydroxyl groups is 1. The van der Waals surface area contributed by atoms with Crippen molar-refractivity contribution in [1.82, 2.24) is 0 Å². The van der Waals surface area contributed by atoms with Crippen molar-refractivity contribution in [2.75, 3.05) is 19.0 Å². The largest absolute Gasteiger partial charge is 0.378 e. The van der Waals surface area contributed by atoms with E-state index in [0.29, 0.717) is 18.3 Å². The Balaban J connectivity index is 1.70. The van der Waals surface area contributed by atoms with Crippen molar-refractivity contribution in [2.24, 2.45) is 23.2 Å². The van der Waals surface area contributed by atoms with E-state index in [1.54, 1.807) is 5.57 Å². The summed E-state index contributed by atoms with van der Waals surface area (Å²) in [6.45, 7) is 6.39. The Morgan fingerprint density at radius 1 is 1.15 bits per heavy atom. The summed E-state index contributed by atoms with van der Waals surface area (Å²) in [5, 5.41) is 11.8. The van der Waals surface area contributed by atoms with E-state index in [1.807, 2.05) is 13.0 Å². The maximum atomic E-state index is 12.4. The van der Waals surface area contributed by atoms with Crippen LogP contribution in [0.3, 0.4) is 0 Å². The Morgan fingerprint density at radius 2 is 1.88 bits per heavy atom. The molecule has 6 atom stereocenters. The summed E-state index contributed by atoms with van der Waals surface area (Å²) >= 11 is 0. The van der Waals surface area contributed by atoms with Gasteiger partial charge in [0.15, 0.2) is 5.78 Å². The van der Waals surface area contributed by atoms with Crippen molar-refractivity contribution < 1.29 is 9.90 Å². The quantitative estimate of drug-likeness (QED) is 0.600. The van der Waals surface area contributed by atoms with Gasteiger partial charge >= 0.3 is 0 Å². The zero-order valence-corrected chi connectivity index (χ0v) is 20.7. The Hall–Kier alpha value is -2.31. The van der Waals surface area contributed by atoms with Crippen molar-refractivity contribution in [3.05, 3.63) is 52.6 Å². The maximum Gasteiger partial charge on any atom is 0.156 e. The summed E-state index contributed by atoms with van der Waals surface area (Å²) < 4.78 is 0. The number of allylic oxidation sites excluding steroid dienone is 4. The molecule has 0 amide bonds. The van der Waals surface area contributed by atoms with E-state index in [-0.39, 0.29) is 23.0 Å². The minimum atomic E-state index is -0.922. The lowest BCUT2D eigenvalue weighted by atomic mass is 9.50. The molecule has 1 aromatic carbocycles. The van der Waals surface area contributed by atoms with Crippen LogP contribution in [-0.4, -0.2) is 30.6 Å². The first kappa shape index (κ1) is 22.5. The number of anilines is 1. The average Bonchev–Trinajstić information content (AvgIpc) is 3.03. The standard InChI is InChI=1S/C30H37NO2/c1-6-14-30(33)15-13-26-24-12-9-21-17-23(32)16-19(2)27(21)28(24)25(18-29(26,30)3)20-7-10-22(11-8-20)31(4)5/h7-8,10-11,17,19,24-26,33H,9,12-13,15-16,18H2,1-5H3/t19-,24+,25-,26+,29+,30+/m1/s1. The lowest BCUT2D eigenvalue weighted by molar-refractivity contribution is -0.115. The molecule has 5 rings (SSSR count). The van der Waals surface area contributed by atoms with Gasteiger partial charge in [0.25, 0.3) is 0 Å². The Morgan fingerprint density at radius 3 is 2.55 bits per heavy atom. The Labute approximate surface area is 199 Å². The van der Waals surface area contributed by atoms with Gasteiger partial charge in [-0.1, -0.05) is 37.5 Å². The van der Waals surface area contributed by atoms with E-state index >= 15 is 0 Å². The fraction of sp³-hybridized carbons (Fsp3) is 0.567. The van der Waals surface area contributed by atoms with Gasteiger partial charge in [-0.15, -0.1) is 5.92 Å². The average molecular weight is 444 g/mol. The minimum absolute atomic E-state index is 0.232. The first-order valence-electron chi connectivity index (χ1n) is 12.6. The van der Waals surface area contributed by atoms with Crippen molar-refractivity contribution >= 4 is 11.5 Å². The van der Waals surface area contributed by atoms with Gasteiger partial charge in [-0.2, -0.15) is 0 Å². The molecule has 0 saturated heterocycles. The number of fused-ring (bicyclic) bond motifs is 4. The summed E-state index contributed by atoms with van der Waals surface area (Å²) in [6.07, 6.45) is 7.32. The normalized spacial score (nSPS) is 37.4. The van der Waals surface area contributed by atoms with Gasteiger partial charge in [-0.25, -0.2) is 0 Å². The molecule has 0 spiro atoms. The molecule has 2 fully saturated rings. The predicted molar refractivity (Wildman–Crippen MR) is 134 cm³/mol. The number of nitrogens with zero attached hydrogens (tertiary/aromatic N) is 1. The van der Waals surface area contributed by atoms with Crippen molar-refractivity contribution in [3.8, 4) is 11.8 Å². The topological polar surface area (TPSA) is 40.5 Å². The number of carbonyl (C=O) groups is 1. The molecular formula is C30H37NO2. The Kier molecular flexibility index (Phi) is 5.37. The molecule has 0 bridgehead atoms. The summed E-state index contributed by atoms with van der Waals surface area (Å²) in [7, 11) is 4.14. The van der Waals surface area contributed by atoms with E-state index in [2.05, 4.69) is 68.9 Å². The summed E-state index contributed by atoms with van der Waals surface area (Å²) in [4.78, 5) is 14.5. The van der Waals surface area contributed by atoms with Crippen LogP contribution in [0.15, 0.2) is 47.1 Å². The number of benzene rings is 1. The summed E-state index contributed by atoms with van der Waals surface area (Å²) in [5.74, 6) is 8.00. The molecule has 0 radical (unpaired) electrons. The lowest BCUT2D eigenvalue weighted by Crippen LogP contribution is -2.51. The first-order chi connectivity index (χ1) is 15.7. The van der Waals surface area contributed by atoms with Crippen LogP contribution in [0.4, 0.5) is 5.69 Å². The molecular weight excluding hydrogens is 406 g/mol. The molecule has 174 valence electrons. The highest BCUT2D eigenvalue weighted by Gasteiger charge is 2.62. The highest BCUT2D eigenvalue weighted by molar-refractivity contribution is 5.93. The molecule has 0 unspecified atom stereocenters. The van der Waals surface area contributed by atoms with Crippen LogP contribution in [0.1, 0.15) is 70.8 Å². The fourth-order valence-corrected chi connectivity index (χ4v) is 7.75. The molecule has 3 nitrogen and oxygen atoms in total. The maximum absolute atomic E-state index is 12.4. The molecule has 4 aliphatic carbocycles. The third-order valence-electron chi connectivity index (χ3n) is 9.33. The first-order valence-corrected chi connectivity index (χ1v) is 12.6. The van der Waals surface area contributed by atoms with Gasteiger partial charge in [0.05, 0.1) is 0 Å². The summed E-state index contributed by atoms with van der Waals surface area (Å²) in [6, 6.07) is 8.99. The molecule has 1 aromatic rings. The second kappa shape index (κ2) is 7.88. The molecule has 2 saturated carbocycles. The van der Waals surface area contributed by atoms with Crippen molar-refractivity contribution in [3.63, 3.8) is 0 Å². The molecule has 4 aliphatic rings.